The Morgan fingerprint density at radius 2 is 2.13 bits per heavy atom. The molecule has 0 aromatic rings. The molecule has 0 radical (unpaired) electrons. The summed E-state index contributed by atoms with van der Waals surface area (Å²) in [6, 6.07) is 0. The zero-order valence-corrected chi connectivity index (χ0v) is 8.76. The smallest absolute Gasteiger partial charge is 0.330 e. The zero-order valence-electron chi connectivity index (χ0n) is 8.76. The molecular formula is C13H16O2. The number of ether oxygens (including phenoxy) is 1. The molecule has 3 aliphatic rings. The van der Waals surface area contributed by atoms with E-state index in [2.05, 4.69) is 18.7 Å². The Morgan fingerprint density at radius 3 is 2.93 bits per heavy atom. The molecule has 5 atom stereocenters. The second-order valence-corrected chi connectivity index (χ2v) is 4.98. The van der Waals surface area contributed by atoms with E-state index in [1.54, 1.807) is 0 Å². The van der Waals surface area contributed by atoms with Crippen molar-refractivity contribution < 1.29 is 9.53 Å². The number of rotatable bonds is 2. The molecule has 2 nitrogen and oxygen atoms in total. The largest absolute Gasteiger partial charge is 0.455 e. The highest BCUT2D eigenvalue weighted by Gasteiger charge is 2.52. The third kappa shape index (κ3) is 1.27. The molecule has 2 saturated carbocycles. The van der Waals surface area contributed by atoms with Gasteiger partial charge in [-0.05, 0) is 43.1 Å². The van der Waals surface area contributed by atoms with E-state index in [-0.39, 0.29) is 12.1 Å². The summed E-state index contributed by atoms with van der Waals surface area (Å²) < 4.78 is 5.38. The second-order valence-electron chi connectivity index (χ2n) is 4.98. The number of hydrogen-bond acceptors (Lipinski definition) is 2. The first-order valence-electron chi connectivity index (χ1n) is 5.81. The number of allylic oxidation sites excluding steroid dienone is 1. The maximum Gasteiger partial charge on any atom is 0.330 e. The van der Waals surface area contributed by atoms with Crippen LogP contribution in [0.3, 0.4) is 0 Å². The summed E-state index contributed by atoms with van der Waals surface area (Å²) in [7, 11) is 0. The molecule has 0 saturated heterocycles. The van der Waals surface area contributed by atoms with Crippen LogP contribution in [0.1, 0.15) is 19.3 Å². The molecule has 0 unspecified atom stereocenters. The Hall–Kier alpha value is -1.05. The lowest BCUT2D eigenvalue weighted by Gasteiger charge is -2.28. The van der Waals surface area contributed by atoms with Gasteiger partial charge in [0.2, 0.25) is 0 Å². The van der Waals surface area contributed by atoms with Crippen molar-refractivity contribution in [2.75, 3.05) is 0 Å². The molecule has 80 valence electrons. The lowest BCUT2D eigenvalue weighted by molar-refractivity contribution is -0.143. The number of carbonyl (C=O) groups excluding carboxylic acids is 1. The van der Waals surface area contributed by atoms with Crippen LogP contribution < -0.4 is 0 Å². The summed E-state index contributed by atoms with van der Waals surface area (Å²) in [4.78, 5) is 11.2. The number of fused-ring (bicyclic) bond motifs is 5. The van der Waals surface area contributed by atoms with Crippen LogP contribution in [-0.4, -0.2) is 12.1 Å². The van der Waals surface area contributed by atoms with Crippen LogP contribution in [0.15, 0.2) is 24.8 Å². The van der Waals surface area contributed by atoms with Crippen LogP contribution >= 0.6 is 0 Å². The molecule has 0 N–H and O–H groups in total. The van der Waals surface area contributed by atoms with Gasteiger partial charge in [-0.1, -0.05) is 12.7 Å². The molecule has 0 heterocycles. The fourth-order valence-electron chi connectivity index (χ4n) is 3.82. The van der Waals surface area contributed by atoms with Gasteiger partial charge in [-0.3, -0.25) is 0 Å². The maximum absolute atomic E-state index is 11.2. The summed E-state index contributed by atoms with van der Waals surface area (Å²) >= 11 is 0. The molecule has 0 aliphatic heterocycles. The fraction of sp³-hybridized carbons (Fsp3) is 0.615. The van der Waals surface area contributed by atoms with Gasteiger partial charge in [0, 0.05) is 12.0 Å². The van der Waals surface area contributed by atoms with Gasteiger partial charge in [0.25, 0.3) is 0 Å². The van der Waals surface area contributed by atoms with Crippen molar-refractivity contribution in [2.24, 2.45) is 23.7 Å². The number of carbonyl (C=O) groups is 1. The summed E-state index contributed by atoms with van der Waals surface area (Å²) in [6.07, 6.45) is 9.69. The zero-order chi connectivity index (χ0) is 10.4. The summed E-state index contributed by atoms with van der Waals surface area (Å²) in [5, 5.41) is 0. The minimum absolute atomic E-state index is 0.0239. The van der Waals surface area contributed by atoms with Crippen LogP contribution in [-0.2, 0) is 9.53 Å². The van der Waals surface area contributed by atoms with Crippen LogP contribution in [0.25, 0.3) is 0 Å². The van der Waals surface area contributed by atoms with Crippen molar-refractivity contribution >= 4 is 5.97 Å². The SMILES string of the molecule is C=CC(=O)O[C@@H]1C=C[C@H]2[C@@H]3CC[C@@H](C3)[C@H]21. The first-order valence-corrected chi connectivity index (χ1v) is 5.81. The molecule has 0 amide bonds. The van der Waals surface area contributed by atoms with E-state index in [1.807, 2.05) is 0 Å². The van der Waals surface area contributed by atoms with E-state index in [1.165, 1.54) is 25.3 Å². The molecule has 2 fully saturated rings. The standard InChI is InChI=1S/C13H16O2/c1-2-12(14)15-11-6-5-10-8-3-4-9(7-8)13(10)11/h2,5-6,8-11,13H,1,3-4,7H2/t8-,9+,10+,11-,13-/m1/s1. The van der Waals surface area contributed by atoms with Crippen LogP contribution in [0.5, 0.6) is 0 Å². The van der Waals surface area contributed by atoms with Crippen LogP contribution in [0.2, 0.25) is 0 Å². The summed E-state index contributed by atoms with van der Waals surface area (Å²) in [6.45, 7) is 3.44. The van der Waals surface area contributed by atoms with Crippen LogP contribution in [0, 0.1) is 23.7 Å². The van der Waals surface area contributed by atoms with Gasteiger partial charge in [-0.2, -0.15) is 0 Å². The van der Waals surface area contributed by atoms with E-state index in [4.69, 9.17) is 4.74 Å². The summed E-state index contributed by atoms with van der Waals surface area (Å²) in [5.41, 5.74) is 0. The quantitative estimate of drug-likeness (QED) is 0.392. The molecular weight excluding hydrogens is 188 g/mol. The van der Waals surface area contributed by atoms with Crippen LogP contribution in [0.4, 0.5) is 0 Å². The van der Waals surface area contributed by atoms with Crippen molar-refractivity contribution in [3.63, 3.8) is 0 Å². The van der Waals surface area contributed by atoms with Gasteiger partial charge < -0.3 is 4.74 Å². The Bertz CT molecular complexity index is 331. The predicted molar refractivity (Wildman–Crippen MR) is 57.0 cm³/mol. The van der Waals surface area contributed by atoms with Gasteiger partial charge >= 0.3 is 5.97 Å². The molecule has 3 aliphatic carbocycles. The highest BCUT2D eigenvalue weighted by Crippen LogP contribution is 2.56. The van der Waals surface area contributed by atoms with Gasteiger partial charge in [0.1, 0.15) is 6.10 Å². The molecule has 3 rings (SSSR count). The number of hydrogen-bond donors (Lipinski definition) is 0. The molecule has 0 aromatic carbocycles. The Morgan fingerprint density at radius 1 is 1.33 bits per heavy atom. The Kier molecular flexibility index (Phi) is 1.98. The highest BCUT2D eigenvalue weighted by atomic mass is 16.5. The first kappa shape index (κ1) is 9.20. The third-order valence-electron chi connectivity index (χ3n) is 4.37. The van der Waals surface area contributed by atoms with Gasteiger partial charge in [-0.15, -0.1) is 0 Å². The number of esters is 1. The molecule has 2 heteroatoms. The average Bonchev–Trinajstić information content (AvgIpc) is 2.89. The molecule has 0 aromatic heterocycles. The maximum atomic E-state index is 11.2. The van der Waals surface area contributed by atoms with E-state index < -0.39 is 0 Å². The van der Waals surface area contributed by atoms with Crippen molar-refractivity contribution in [1.29, 1.82) is 0 Å². The van der Waals surface area contributed by atoms with E-state index in [0.717, 1.165) is 11.8 Å². The lowest BCUT2D eigenvalue weighted by Crippen LogP contribution is -2.29. The van der Waals surface area contributed by atoms with Crippen molar-refractivity contribution in [3.05, 3.63) is 24.8 Å². The molecule has 0 spiro atoms. The molecule has 2 bridgehead atoms. The van der Waals surface area contributed by atoms with Crippen molar-refractivity contribution in [2.45, 2.75) is 25.4 Å². The lowest BCUT2D eigenvalue weighted by atomic mass is 9.80. The van der Waals surface area contributed by atoms with E-state index >= 15 is 0 Å². The minimum atomic E-state index is -0.284. The van der Waals surface area contributed by atoms with Crippen molar-refractivity contribution in [1.82, 2.24) is 0 Å². The molecule has 15 heavy (non-hydrogen) atoms. The summed E-state index contributed by atoms with van der Waals surface area (Å²) in [5.74, 6) is 2.63. The average molecular weight is 204 g/mol. The predicted octanol–water partition coefficient (Wildman–Crippen LogP) is 2.32. The van der Waals surface area contributed by atoms with Gasteiger partial charge in [-0.25, -0.2) is 4.79 Å². The second kappa shape index (κ2) is 3.22. The first-order chi connectivity index (χ1) is 7.29. The van der Waals surface area contributed by atoms with Gasteiger partial charge in [0.05, 0.1) is 0 Å². The monoisotopic (exact) mass is 204 g/mol. The Labute approximate surface area is 90.0 Å². The Balaban J connectivity index is 1.75. The fourth-order valence-corrected chi connectivity index (χ4v) is 3.82. The van der Waals surface area contributed by atoms with Gasteiger partial charge in [0.15, 0.2) is 0 Å². The minimum Gasteiger partial charge on any atom is -0.455 e. The third-order valence-corrected chi connectivity index (χ3v) is 4.37. The highest BCUT2D eigenvalue weighted by molar-refractivity contribution is 5.81. The topological polar surface area (TPSA) is 26.3 Å². The normalized spacial score (nSPS) is 45.5. The van der Waals surface area contributed by atoms with E-state index in [0.29, 0.717) is 11.8 Å². The van der Waals surface area contributed by atoms with E-state index in [9.17, 15) is 4.79 Å². The van der Waals surface area contributed by atoms with Crippen molar-refractivity contribution in [3.8, 4) is 0 Å².